The number of fused-ring (bicyclic) bond motifs is 3. The van der Waals surface area contributed by atoms with Gasteiger partial charge >= 0.3 is 12.1 Å². The van der Waals surface area contributed by atoms with Crippen molar-refractivity contribution in [2.45, 2.75) is 70.0 Å². The maximum atomic E-state index is 13.0. The molecule has 0 aromatic heterocycles. The van der Waals surface area contributed by atoms with Gasteiger partial charge in [-0.05, 0) is 55.4 Å². The minimum Gasteiger partial charge on any atom is -0.481 e. The Bertz CT molecular complexity index is 1030. The topological polar surface area (TPSA) is 108 Å². The van der Waals surface area contributed by atoms with E-state index < -0.39 is 24.0 Å². The molecule has 0 saturated carbocycles. The number of hydrogen-bond donors (Lipinski definition) is 3. The minimum absolute atomic E-state index is 0.0258. The van der Waals surface area contributed by atoms with E-state index >= 15 is 0 Å². The van der Waals surface area contributed by atoms with E-state index in [2.05, 4.69) is 22.9 Å². The van der Waals surface area contributed by atoms with Gasteiger partial charge in [-0.15, -0.1) is 0 Å². The van der Waals surface area contributed by atoms with Crippen LogP contribution in [0.15, 0.2) is 48.5 Å². The van der Waals surface area contributed by atoms with E-state index in [0.717, 1.165) is 41.5 Å². The minimum atomic E-state index is -1.03. The number of nitrogens with zero attached hydrogens (tertiary/aromatic N) is 1. The molecule has 3 unspecified atom stereocenters. The maximum Gasteiger partial charge on any atom is 0.407 e. The van der Waals surface area contributed by atoms with Crippen molar-refractivity contribution in [3.63, 3.8) is 0 Å². The summed E-state index contributed by atoms with van der Waals surface area (Å²) in [7, 11) is 0. The second kappa shape index (κ2) is 10.9. The average Bonchev–Trinajstić information content (AvgIpc) is 3.16. The Balaban J connectivity index is 1.41. The number of piperidine rings is 1. The molecule has 2 amide bonds. The predicted molar refractivity (Wildman–Crippen MR) is 132 cm³/mol. The molecule has 35 heavy (non-hydrogen) atoms. The first-order valence-corrected chi connectivity index (χ1v) is 12.3. The molecular formula is C27H33N3O5. The average molecular weight is 480 g/mol. The number of carboxylic acids is 1. The second-order valence-corrected chi connectivity index (χ2v) is 9.47. The second-order valence-electron chi connectivity index (χ2n) is 9.47. The van der Waals surface area contributed by atoms with Crippen molar-refractivity contribution in [1.82, 2.24) is 15.8 Å². The molecule has 8 nitrogen and oxygen atoms in total. The summed E-state index contributed by atoms with van der Waals surface area (Å²) >= 11 is 0. The van der Waals surface area contributed by atoms with E-state index in [1.165, 1.54) is 0 Å². The van der Waals surface area contributed by atoms with Crippen molar-refractivity contribution in [2.24, 2.45) is 0 Å². The van der Waals surface area contributed by atoms with Gasteiger partial charge in [0.2, 0.25) is 0 Å². The molecule has 4 rings (SSSR count). The summed E-state index contributed by atoms with van der Waals surface area (Å²) < 4.78 is 5.57. The number of carbonyl (C=O) groups is 3. The molecule has 1 saturated heterocycles. The van der Waals surface area contributed by atoms with E-state index in [9.17, 15) is 14.4 Å². The van der Waals surface area contributed by atoms with Gasteiger partial charge in [-0.3, -0.25) is 15.0 Å². The first-order valence-electron chi connectivity index (χ1n) is 12.3. The lowest BCUT2D eigenvalue weighted by Crippen LogP contribution is -2.58. The van der Waals surface area contributed by atoms with E-state index in [1.807, 2.05) is 55.3 Å². The van der Waals surface area contributed by atoms with Crippen molar-refractivity contribution in [2.75, 3.05) is 6.61 Å². The lowest BCUT2D eigenvalue weighted by molar-refractivity contribution is -0.137. The number of hydrazine groups is 1. The van der Waals surface area contributed by atoms with Crippen molar-refractivity contribution in [3.05, 3.63) is 59.7 Å². The van der Waals surface area contributed by atoms with E-state index in [4.69, 9.17) is 9.84 Å². The summed E-state index contributed by atoms with van der Waals surface area (Å²) in [5.41, 5.74) is 7.34. The third-order valence-electron chi connectivity index (χ3n) is 7.03. The highest BCUT2D eigenvalue weighted by Crippen LogP contribution is 2.44. The van der Waals surface area contributed by atoms with Crippen LogP contribution in [0.5, 0.6) is 0 Å². The molecule has 1 heterocycles. The molecule has 186 valence electrons. The first-order chi connectivity index (χ1) is 16.8. The van der Waals surface area contributed by atoms with Crippen LogP contribution in [0.4, 0.5) is 4.79 Å². The van der Waals surface area contributed by atoms with Crippen LogP contribution in [0, 0.1) is 0 Å². The van der Waals surface area contributed by atoms with Gasteiger partial charge in [-0.25, -0.2) is 9.80 Å². The summed E-state index contributed by atoms with van der Waals surface area (Å²) in [6.45, 7) is 4.20. The van der Waals surface area contributed by atoms with Gasteiger partial charge in [0, 0.05) is 24.4 Å². The van der Waals surface area contributed by atoms with Crippen molar-refractivity contribution in [3.8, 4) is 11.1 Å². The zero-order chi connectivity index (χ0) is 24.9. The summed E-state index contributed by atoms with van der Waals surface area (Å²) in [5, 5.41) is 13.6. The molecule has 0 spiro atoms. The molecule has 3 N–H and O–H groups in total. The van der Waals surface area contributed by atoms with Gasteiger partial charge in [0.15, 0.2) is 0 Å². The van der Waals surface area contributed by atoms with Crippen molar-refractivity contribution < 1.29 is 24.2 Å². The van der Waals surface area contributed by atoms with E-state index in [1.54, 1.807) is 0 Å². The number of rotatable bonds is 8. The number of hydrogen-bond acceptors (Lipinski definition) is 5. The molecule has 0 radical (unpaired) electrons. The van der Waals surface area contributed by atoms with Crippen LogP contribution in [0.3, 0.4) is 0 Å². The molecule has 2 aliphatic rings. The van der Waals surface area contributed by atoms with Crippen LogP contribution < -0.4 is 10.7 Å². The fourth-order valence-electron chi connectivity index (χ4n) is 5.17. The fraction of sp³-hybridized carbons (Fsp3) is 0.444. The first kappa shape index (κ1) is 24.7. The summed E-state index contributed by atoms with van der Waals surface area (Å²) in [4.78, 5) is 36.9. The Kier molecular flexibility index (Phi) is 7.70. The number of aliphatic carboxylic acids is 1. The molecule has 2 aromatic carbocycles. The fourth-order valence-corrected chi connectivity index (χ4v) is 5.17. The quantitative estimate of drug-likeness (QED) is 0.527. The number of benzene rings is 2. The molecule has 3 atom stereocenters. The zero-order valence-corrected chi connectivity index (χ0v) is 20.2. The van der Waals surface area contributed by atoms with E-state index in [-0.39, 0.29) is 37.5 Å². The lowest BCUT2D eigenvalue weighted by Gasteiger charge is -2.39. The maximum absolute atomic E-state index is 13.0. The molecule has 8 heteroatoms. The number of carboxylic acid groups (broad SMARTS) is 1. The third kappa shape index (κ3) is 5.65. The Morgan fingerprint density at radius 2 is 1.57 bits per heavy atom. The third-order valence-corrected chi connectivity index (χ3v) is 7.03. The molecule has 1 fully saturated rings. The molecule has 0 bridgehead atoms. The van der Waals surface area contributed by atoms with Crippen LogP contribution >= 0.6 is 0 Å². The van der Waals surface area contributed by atoms with Crippen molar-refractivity contribution in [1.29, 1.82) is 0 Å². The van der Waals surface area contributed by atoms with Crippen LogP contribution in [0.2, 0.25) is 0 Å². The Morgan fingerprint density at radius 3 is 2.14 bits per heavy atom. The molecule has 1 aliphatic carbocycles. The Morgan fingerprint density at radius 1 is 1.00 bits per heavy atom. The van der Waals surface area contributed by atoms with E-state index in [0.29, 0.717) is 0 Å². The lowest BCUT2D eigenvalue weighted by atomic mass is 9.98. The summed E-state index contributed by atoms with van der Waals surface area (Å²) in [6, 6.07) is 15.4. The van der Waals surface area contributed by atoms with Gasteiger partial charge in [0.1, 0.15) is 12.6 Å². The normalized spacial score (nSPS) is 20.4. The Hall–Kier alpha value is -3.39. The predicted octanol–water partition coefficient (Wildman–Crippen LogP) is 4.05. The van der Waals surface area contributed by atoms with Crippen LogP contribution in [0.1, 0.15) is 63.0 Å². The van der Waals surface area contributed by atoms with Gasteiger partial charge in [-0.2, -0.15) is 0 Å². The van der Waals surface area contributed by atoms with Gasteiger partial charge in [0.25, 0.3) is 5.91 Å². The summed E-state index contributed by atoms with van der Waals surface area (Å²) in [6.07, 6.45) is 2.01. The number of nitrogens with one attached hydrogen (secondary N) is 2. The monoisotopic (exact) mass is 479 g/mol. The van der Waals surface area contributed by atoms with Crippen LogP contribution in [-0.4, -0.2) is 52.8 Å². The highest BCUT2D eigenvalue weighted by molar-refractivity contribution is 5.86. The Labute approximate surface area is 205 Å². The van der Waals surface area contributed by atoms with Gasteiger partial charge < -0.3 is 15.2 Å². The van der Waals surface area contributed by atoms with Crippen LogP contribution in [0.25, 0.3) is 11.1 Å². The standard InChI is InChI=1S/C27H33N3O5/c1-17-8-7-9-18(2)30(17)29-26(33)24(14-15-25(31)32)28-27(34)35-16-23-21-12-5-3-10-19(21)20-11-4-6-13-22(20)23/h3-6,10-13,17-18,23-24H,7-9,14-16H2,1-2H3,(H,28,34)(H,29,33)(H,31,32). The highest BCUT2D eigenvalue weighted by Gasteiger charge is 2.32. The smallest absolute Gasteiger partial charge is 0.407 e. The van der Waals surface area contributed by atoms with Crippen molar-refractivity contribution >= 4 is 18.0 Å². The molecule has 1 aliphatic heterocycles. The number of amides is 2. The zero-order valence-electron chi connectivity index (χ0n) is 20.2. The SMILES string of the molecule is CC1CCCC(C)N1NC(=O)C(CCC(=O)O)NC(=O)OCC1c2ccccc2-c2ccccc21. The van der Waals surface area contributed by atoms with Gasteiger partial charge in [0.05, 0.1) is 0 Å². The highest BCUT2D eigenvalue weighted by atomic mass is 16.5. The molecule has 2 aromatic rings. The number of ether oxygens (including phenoxy) is 1. The largest absolute Gasteiger partial charge is 0.481 e. The van der Waals surface area contributed by atoms with Gasteiger partial charge in [-0.1, -0.05) is 55.0 Å². The number of alkyl carbamates (subject to hydrolysis) is 1. The molecular weight excluding hydrogens is 446 g/mol. The number of carbonyl (C=O) groups excluding carboxylic acids is 2. The summed E-state index contributed by atoms with van der Waals surface area (Å²) in [5.74, 6) is -1.56. The van der Waals surface area contributed by atoms with Crippen LogP contribution in [-0.2, 0) is 14.3 Å².